The van der Waals surface area contributed by atoms with Gasteiger partial charge in [-0.25, -0.2) is 0 Å². The standard InChI is InChI=1S/C22H26N2/c1-17-9-11-18(12-10-17)15-20-19-7-3-4-8-21(19)23-22(20)16-24-13-5-2-6-14-24/h3-4,7-12,23H,2,5-6,13-16H2,1H3. The molecular formula is C22H26N2. The van der Waals surface area contributed by atoms with E-state index in [9.17, 15) is 0 Å². The molecule has 1 aromatic heterocycles. The van der Waals surface area contributed by atoms with Crippen LogP contribution in [0.5, 0.6) is 0 Å². The second kappa shape index (κ2) is 6.82. The van der Waals surface area contributed by atoms with Gasteiger partial charge in [0.1, 0.15) is 0 Å². The van der Waals surface area contributed by atoms with Gasteiger partial charge in [-0.05, 0) is 56.5 Å². The molecule has 3 aromatic rings. The minimum Gasteiger partial charge on any atom is -0.357 e. The first-order chi connectivity index (χ1) is 11.8. The van der Waals surface area contributed by atoms with Gasteiger partial charge in [0.25, 0.3) is 0 Å². The maximum absolute atomic E-state index is 3.70. The van der Waals surface area contributed by atoms with Crippen molar-refractivity contribution in [2.75, 3.05) is 13.1 Å². The number of H-pyrrole nitrogens is 1. The van der Waals surface area contributed by atoms with Crippen molar-refractivity contribution in [1.82, 2.24) is 9.88 Å². The van der Waals surface area contributed by atoms with Crippen molar-refractivity contribution in [2.24, 2.45) is 0 Å². The molecule has 0 amide bonds. The number of aromatic amines is 1. The summed E-state index contributed by atoms with van der Waals surface area (Å²) in [5, 5.41) is 1.38. The van der Waals surface area contributed by atoms with Crippen LogP contribution in [0, 0.1) is 6.92 Å². The van der Waals surface area contributed by atoms with Crippen molar-refractivity contribution in [1.29, 1.82) is 0 Å². The Kier molecular flexibility index (Phi) is 4.40. The number of hydrogen-bond acceptors (Lipinski definition) is 1. The highest BCUT2D eigenvalue weighted by molar-refractivity contribution is 5.85. The Morgan fingerprint density at radius 2 is 1.67 bits per heavy atom. The van der Waals surface area contributed by atoms with Gasteiger partial charge < -0.3 is 4.98 Å². The first-order valence-corrected chi connectivity index (χ1v) is 9.16. The molecule has 0 unspecified atom stereocenters. The predicted molar refractivity (Wildman–Crippen MR) is 101 cm³/mol. The number of benzene rings is 2. The van der Waals surface area contributed by atoms with Gasteiger partial charge in [0, 0.05) is 23.1 Å². The predicted octanol–water partition coefficient (Wildman–Crippen LogP) is 5.05. The maximum Gasteiger partial charge on any atom is 0.0459 e. The Labute approximate surface area is 144 Å². The Morgan fingerprint density at radius 3 is 2.46 bits per heavy atom. The number of aryl methyl sites for hydroxylation is 1. The molecule has 1 aliphatic rings. The number of piperidine rings is 1. The van der Waals surface area contributed by atoms with Gasteiger partial charge in [0.15, 0.2) is 0 Å². The van der Waals surface area contributed by atoms with Gasteiger partial charge in [-0.2, -0.15) is 0 Å². The molecule has 0 bridgehead atoms. The van der Waals surface area contributed by atoms with Crippen LogP contribution in [0.4, 0.5) is 0 Å². The van der Waals surface area contributed by atoms with Crippen molar-refractivity contribution in [3.63, 3.8) is 0 Å². The van der Waals surface area contributed by atoms with Crippen molar-refractivity contribution in [3.05, 3.63) is 70.9 Å². The van der Waals surface area contributed by atoms with E-state index < -0.39 is 0 Å². The van der Waals surface area contributed by atoms with Gasteiger partial charge >= 0.3 is 0 Å². The molecule has 2 heteroatoms. The Hall–Kier alpha value is -2.06. The lowest BCUT2D eigenvalue weighted by atomic mass is 10.00. The van der Waals surface area contributed by atoms with Gasteiger partial charge in [0.05, 0.1) is 0 Å². The fraction of sp³-hybridized carbons (Fsp3) is 0.364. The lowest BCUT2D eigenvalue weighted by molar-refractivity contribution is 0.218. The molecule has 1 saturated heterocycles. The normalized spacial score (nSPS) is 15.9. The summed E-state index contributed by atoms with van der Waals surface area (Å²) in [6, 6.07) is 17.7. The van der Waals surface area contributed by atoms with Gasteiger partial charge in [-0.15, -0.1) is 0 Å². The summed E-state index contributed by atoms with van der Waals surface area (Å²) in [6.45, 7) is 5.67. The zero-order valence-electron chi connectivity index (χ0n) is 14.5. The van der Waals surface area contributed by atoms with E-state index >= 15 is 0 Å². The van der Waals surface area contributed by atoms with Crippen LogP contribution in [-0.2, 0) is 13.0 Å². The SMILES string of the molecule is Cc1ccc(Cc2c(CN3CCCCC3)[nH]c3ccccc23)cc1. The molecule has 2 aromatic carbocycles. The van der Waals surface area contributed by atoms with Gasteiger partial charge in [0.2, 0.25) is 0 Å². The lowest BCUT2D eigenvalue weighted by Gasteiger charge is -2.26. The number of hydrogen-bond donors (Lipinski definition) is 1. The molecule has 0 spiro atoms. The highest BCUT2D eigenvalue weighted by Gasteiger charge is 2.16. The highest BCUT2D eigenvalue weighted by atomic mass is 15.1. The lowest BCUT2D eigenvalue weighted by Crippen LogP contribution is -2.29. The number of rotatable bonds is 4. The summed E-state index contributed by atoms with van der Waals surface area (Å²) >= 11 is 0. The first kappa shape index (κ1) is 15.5. The second-order valence-electron chi connectivity index (χ2n) is 7.13. The number of likely N-dealkylation sites (tertiary alicyclic amines) is 1. The molecule has 2 nitrogen and oxygen atoms in total. The van der Waals surface area contributed by atoms with Crippen molar-refractivity contribution in [3.8, 4) is 0 Å². The third kappa shape index (κ3) is 3.25. The average molecular weight is 318 g/mol. The smallest absolute Gasteiger partial charge is 0.0459 e. The monoisotopic (exact) mass is 318 g/mol. The molecule has 24 heavy (non-hydrogen) atoms. The van der Waals surface area contributed by atoms with Crippen LogP contribution in [0.15, 0.2) is 48.5 Å². The Morgan fingerprint density at radius 1 is 0.917 bits per heavy atom. The summed E-state index contributed by atoms with van der Waals surface area (Å²) in [4.78, 5) is 6.31. The molecule has 1 N–H and O–H groups in total. The van der Waals surface area contributed by atoms with Crippen LogP contribution in [0.25, 0.3) is 10.9 Å². The second-order valence-corrected chi connectivity index (χ2v) is 7.13. The van der Waals surface area contributed by atoms with E-state index in [1.54, 1.807) is 0 Å². The summed E-state index contributed by atoms with van der Waals surface area (Å²) in [7, 11) is 0. The quantitative estimate of drug-likeness (QED) is 0.713. The van der Waals surface area contributed by atoms with Crippen molar-refractivity contribution >= 4 is 10.9 Å². The minimum absolute atomic E-state index is 1.01. The van der Waals surface area contributed by atoms with Gasteiger partial charge in [-0.3, -0.25) is 4.90 Å². The zero-order chi connectivity index (χ0) is 16.4. The molecule has 124 valence electrons. The molecule has 0 atom stereocenters. The number of para-hydroxylation sites is 1. The van der Waals surface area contributed by atoms with E-state index in [0.29, 0.717) is 0 Å². The molecular weight excluding hydrogens is 292 g/mol. The molecule has 0 saturated carbocycles. The van der Waals surface area contributed by atoms with Crippen molar-refractivity contribution < 1.29 is 0 Å². The summed E-state index contributed by atoms with van der Waals surface area (Å²) in [5.41, 5.74) is 6.86. The van der Waals surface area contributed by atoms with Crippen molar-refractivity contribution in [2.45, 2.75) is 39.2 Å². The van der Waals surface area contributed by atoms with Crippen LogP contribution in [0.1, 0.15) is 41.6 Å². The molecule has 0 aliphatic carbocycles. The number of nitrogens with one attached hydrogen (secondary N) is 1. The zero-order valence-corrected chi connectivity index (χ0v) is 14.5. The molecule has 1 aliphatic heterocycles. The van der Waals surface area contributed by atoms with Crippen LogP contribution in [-0.4, -0.2) is 23.0 Å². The molecule has 2 heterocycles. The fourth-order valence-electron chi connectivity index (χ4n) is 3.84. The van der Waals surface area contributed by atoms with Gasteiger partial charge in [-0.1, -0.05) is 54.4 Å². The minimum atomic E-state index is 1.01. The van der Waals surface area contributed by atoms with E-state index in [0.717, 1.165) is 13.0 Å². The van der Waals surface area contributed by atoms with E-state index in [-0.39, 0.29) is 0 Å². The number of fused-ring (bicyclic) bond motifs is 1. The number of aromatic nitrogens is 1. The third-order valence-corrected chi connectivity index (χ3v) is 5.23. The highest BCUT2D eigenvalue weighted by Crippen LogP contribution is 2.27. The first-order valence-electron chi connectivity index (χ1n) is 9.16. The Balaban J connectivity index is 1.68. The summed E-state index contributed by atoms with van der Waals surface area (Å²) in [5.74, 6) is 0. The molecule has 4 rings (SSSR count). The average Bonchev–Trinajstić information content (AvgIpc) is 2.95. The molecule has 0 radical (unpaired) electrons. The summed E-state index contributed by atoms with van der Waals surface area (Å²) in [6.07, 6.45) is 5.08. The topological polar surface area (TPSA) is 19.0 Å². The summed E-state index contributed by atoms with van der Waals surface area (Å²) < 4.78 is 0. The van der Waals surface area contributed by atoms with E-state index in [1.165, 1.54) is 65.6 Å². The molecule has 1 fully saturated rings. The third-order valence-electron chi connectivity index (χ3n) is 5.23. The van der Waals surface area contributed by atoms with Crippen LogP contribution in [0.2, 0.25) is 0 Å². The largest absolute Gasteiger partial charge is 0.357 e. The van der Waals surface area contributed by atoms with E-state index in [1.807, 2.05) is 0 Å². The maximum atomic E-state index is 3.70. The number of nitrogens with zero attached hydrogens (tertiary/aromatic N) is 1. The fourth-order valence-corrected chi connectivity index (χ4v) is 3.84. The van der Waals surface area contributed by atoms with E-state index in [2.05, 4.69) is 65.3 Å². The van der Waals surface area contributed by atoms with E-state index in [4.69, 9.17) is 0 Å². The van der Waals surface area contributed by atoms with Crippen LogP contribution < -0.4 is 0 Å². The Bertz CT molecular complexity index is 808. The van der Waals surface area contributed by atoms with Crippen LogP contribution >= 0.6 is 0 Å². The van der Waals surface area contributed by atoms with Crippen LogP contribution in [0.3, 0.4) is 0 Å².